The molecule has 0 spiro atoms. The Bertz CT molecular complexity index is 704. The van der Waals surface area contributed by atoms with Crippen molar-refractivity contribution >= 4 is 29.2 Å². The highest BCUT2D eigenvalue weighted by atomic mass is 35.5. The van der Waals surface area contributed by atoms with Gasteiger partial charge in [-0.25, -0.2) is 9.18 Å². The molecular weight excluding hydrogens is 309 g/mol. The van der Waals surface area contributed by atoms with Gasteiger partial charge in [-0.2, -0.15) is 0 Å². The van der Waals surface area contributed by atoms with Crippen molar-refractivity contribution < 1.29 is 14.0 Å². The van der Waals surface area contributed by atoms with Crippen LogP contribution >= 0.6 is 11.6 Å². The molecule has 0 saturated heterocycles. The van der Waals surface area contributed by atoms with Gasteiger partial charge >= 0.3 is 6.03 Å². The third-order valence-corrected chi connectivity index (χ3v) is 3.10. The van der Waals surface area contributed by atoms with Crippen molar-refractivity contribution in [3.8, 4) is 0 Å². The molecule has 2 rings (SSSR count). The van der Waals surface area contributed by atoms with Crippen LogP contribution < -0.4 is 16.4 Å². The molecule has 0 aliphatic carbocycles. The molecule has 0 fully saturated rings. The van der Waals surface area contributed by atoms with Gasteiger partial charge in [0.2, 0.25) is 0 Å². The van der Waals surface area contributed by atoms with Crippen LogP contribution in [0.1, 0.15) is 15.9 Å². The number of nitrogens with one attached hydrogen (secondary N) is 2. The predicted molar refractivity (Wildman–Crippen MR) is 82.2 cm³/mol. The van der Waals surface area contributed by atoms with Crippen LogP contribution in [0.3, 0.4) is 0 Å². The zero-order valence-electron chi connectivity index (χ0n) is 11.4. The number of carbonyl (C=O) groups excluding carboxylic acids is 2. The molecule has 0 unspecified atom stereocenters. The van der Waals surface area contributed by atoms with Gasteiger partial charge in [0, 0.05) is 17.1 Å². The van der Waals surface area contributed by atoms with E-state index in [0.717, 1.165) is 11.6 Å². The van der Waals surface area contributed by atoms with Crippen LogP contribution in [0.4, 0.5) is 14.9 Å². The number of halogens is 2. The normalized spacial score (nSPS) is 10.1. The second-order valence-electron chi connectivity index (χ2n) is 4.49. The number of urea groups is 1. The number of anilines is 1. The Morgan fingerprint density at radius 2 is 1.82 bits per heavy atom. The van der Waals surface area contributed by atoms with Crippen LogP contribution in [0.15, 0.2) is 42.5 Å². The van der Waals surface area contributed by atoms with E-state index in [1.165, 1.54) is 12.1 Å². The first-order valence-corrected chi connectivity index (χ1v) is 6.72. The van der Waals surface area contributed by atoms with E-state index in [9.17, 15) is 14.0 Å². The summed E-state index contributed by atoms with van der Waals surface area (Å²) < 4.78 is 13.6. The van der Waals surface area contributed by atoms with E-state index < -0.39 is 17.8 Å². The van der Waals surface area contributed by atoms with Crippen molar-refractivity contribution in [2.75, 3.05) is 5.32 Å². The molecule has 0 bridgehead atoms. The van der Waals surface area contributed by atoms with Gasteiger partial charge < -0.3 is 16.4 Å². The molecule has 0 saturated carbocycles. The zero-order chi connectivity index (χ0) is 16.1. The van der Waals surface area contributed by atoms with Crippen molar-refractivity contribution in [3.63, 3.8) is 0 Å². The van der Waals surface area contributed by atoms with Gasteiger partial charge in [0.15, 0.2) is 0 Å². The summed E-state index contributed by atoms with van der Waals surface area (Å²) in [6.07, 6.45) is 0. The lowest BCUT2D eigenvalue weighted by atomic mass is 10.1. The fourth-order valence-electron chi connectivity index (χ4n) is 1.75. The second-order valence-corrected chi connectivity index (χ2v) is 4.93. The Hall–Kier alpha value is -2.60. The number of hydrogen-bond acceptors (Lipinski definition) is 2. The number of primary amides is 1. The summed E-state index contributed by atoms with van der Waals surface area (Å²) in [7, 11) is 0. The fourth-order valence-corrected chi connectivity index (χ4v) is 1.91. The Morgan fingerprint density at radius 3 is 2.41 bits per heavy atom. The van der Waals surface area contributed by atoms with Gasteiger partial charge in [0.25, 0.3) is 5.91 Å². The zero-order valence-corrected chi connectivity index (χ0v) is 12.2. The monoisotopic (exact) mass is 321 g/mol. The third kappa shape index (κ3) is 4.20. The van der Waals surface area contributed by atoms with E-state index >= 15 is 0 Å². The predicted octanol–water partition coefficient (Wildman–Crippen LogP) is 2.90. The third-order valence-electron chi connectivity index (χ3n) is 2.86. The lowest BCUT2D eigenvalue weighted by Gasteiger charge is -2.08. The second kappa shape index (κ2) is 6.91. The van der Waals surface area contributed by atoms with Crippen molar-refractivity contribution in [3.05, 3.63) is 64.4 Å². The molecule has 0 heterocycles. The molecule has 0 aliphatic rings. The smallest absolute Gasteiger partial charge is 0.312 e. The summed E-state index contributed by atoms with van der Waals surface area (Å²) in [5.41, 5.74) is 6.16. The van der Waals surface area contributed by atoms with Crippen LogP contribution in [0, 0.1) is 5.82 Å². The quantitative estimate of drug-likeness (QED) is 0.809. The van der Waals surface area contributed by atoms with E-state index in [1.54, 1.807) is 24.3 Å². The number of benzene rings is 2. The summed E-state index contributed by atoms with van der Waals surface area (Å²) in [5, 5.41) is 5.15. The van der Waals surface area contributed by atoms with Gasteiger partial charge in [0.1, 0.15) is 5.82 Å². The van der Waals surface area contributed by atoms with E-state index in [2.05, 4.69) is 10.6 Å². The minimum atomic E-state index is -0.625. The highest BCUT2D eigenvalue weighted by Crippen LogP contribution is 2.19. The maximum Gasteiger partial charge on any atom is 0.312 e. The Labute approximate surface area is 131 Å². The van der Waals surface area contributed by atoms with Gasteiger partial charge in [-0.05, 0) is 35.9 Å². The SMILES string of the molecule is NC(=O)NCc1ccc(C(=O)Nc2ccc(Cl)cc2F)cc1. The molecule has 2 aromatic rings. The lowest BCUT2D eigenvalue weighted by Crippen LogP contribution is -2.28. The molecule has 0 atom stereocenters. The summed E-state index contributed by atoms with van der Waals surface area (Å²) in [5.74, 6) is -1.06. The molecule has 114 valence electrons. The molecule has 2 aromatic carbocycles. The summed E-state index contributed by atoms with van der Waals surface area (Å²) in [6, 6.07) is 9.85. The number of carbonyl (C=O) groups is 2. The van der Waals surface area contributed by atoms with Crippen molar-refractivity contribution in [2.24, 2.45) is 5.73 Å². The standard InChI is InChI=1S/C15H13ClFN3O2/c16-11-5-6-13(12(17)7-11)20-14(21)10-3-1-9(2-4-10)8-19-15(18)22/h1-7H,8H2,(H,20,21)(H3,18,19,22). The molecule has 0 radical (unpaired) electrons. The first-order chi connectivity index (χ1) is 10.5. The molecular formula is C15H13ClFN3O2. The number of amides is 3. The number of rotatable bonds is 4. The van der Waals surface area contributed by atoms with Crippen molar-refractivity contribution in [1.82, 2.24) is 5.32 Å². The van der Waals surface area contributed by atoms with E-state index in [1.807, 2.05) is 0 Å². The average Bonchev–Trinajstić information content (AvgIpc) is 2.48. The first kappa shape index (κ1) is 15.8. The summed E-state index contributed by atoms with van der Waals surface area (Å²) in [4.78, 5) is 22.6. The van der Waals surface area contributed by atoms with Crippen molar-refractivity contribution in [1.29, 1.82) is 0 Å². The highest BCUT2D eigenvalue weighted by Gasteiger charge is 2.09. The maximum absolute atomic E-state index is 13.6. The maximum atomic E-state index is 13.6. The Kier molecular flexibility index (Phi) is 4.95. The fraction of sp³-hybridized carbons (Fsp3) is 0.0667. The summed E-state index contributed by atoms with van der Waals surface area (Å²) in [6.45, 7) is 0.267. The van der Waals surface area contributed by atoms with E-state index in [4.69, 9.17) is 17.3 Å². The molecule has 3 amide bonds. The minimum Gasteiger partial charge on any atom is -0.352 e. The topological polar surface area (TPSA) is 84.2 Å². The molecule has 0 aliphatic heterocycles. The summed E-state index contributed by atoms with van der Waals surface area (Å²) >= 11 is 5.65. The highest BCUT2D eigenvalue weighted by molar-refractivity contribution is 6.30. The number of nitrogens with two attached hydrogens (primary N) is 1. The van der Waals surface area contributed by atoms with Gasteiger partial charge in [-0.1, -0.05) is 23.7 Å². The molecule has 4 N–H and O–H groups in total. The Balaban J connectivity index is 2.04. The Morgan fingerprint density at radius 1 is 1.14 bits per heavy atom. The lowest BCUT2D eigenvalue weighted by molar-refractivity contribution is 0.102. The first-order valence-electron chi connectivity index (χ1n) is 6.34. The van der Waals surface area contributed by atoms with E-state index in [-0.39, 0.29) is 17.3 Å². The van der Waals surface area contributed by atoms with Crippen LogP contribution in [-0.4, -0.2) is 11.9 Å². The van der Waals surface area contributed by atoms with Crippen LogP contribution in [0.25, 0.3) is 0 Å². The molecule has 22 heavy (non-hydrogen) atoms. The molecule has 0 aromatic heterocycles. The molecule has 5 nitrogen and oxygen atoms in total. The minimum absolute atomic E-state index is 0.0499. The van der Waals surface area contributed by atoms with Crippen LogP contribution in [0.5, 0.6) is 0 Å². The van der Waals surface area contributed by atoms with Crippen LogP contribution in [-0.2, 0) is 6.54 Å². The van der Waals surface area contributed by atoms with Crippen LogP contribution in [0.2, 0.25) is 5.02 Å². The van der Waals surface area contributed by atoms with Crippen molar-refractivity contribution in [2.45, 2.75) is 6.54 Å². The van der Waals surface area contributed by atoms with Gasteiger partial charge in [0.05, 0.1) is 5.69 Å². The van der Waals surface area contributed by atoms with E-state index in [0.29, 0.717) is 5.56 Å². The molecule has 7 heteroatoms. The van der Waals surface area contributed by atoms with Gasteiger partial charge in [-0.15, -0.1) is 0 Å². The number of hydrogen-bond donors (Lipinski definition) is 3. The average molecular weight is 322 g/mol. The largest absolute Gasteiger partial charge is 0.352 e. The van der Waals surface area contributed by atoms with Gasteiger partial charge in [-0.3, -0.25) is 4.79 Å².